The average molecular weight is 381 g/mol. The number of rotatable bonds is 4. The minimum Gasteiger partial charge on any atom is -0.309 e. The number of hydrogen-bond acceptors (Lipinski definition) is 2. The summed E-state index contributed by atoms with van der Waals surface area (Å²) in [7, 11) is 0. The molecule has 2 saturated heterocycles. The van der Waals surface area contributed by atoms with Gasteiger partial charge in [0.1, 0.15) is 5.82 Å². The molecule has 2 aliphatic heterocycles. The lowest BCUT2D eigenvalue weighted by Gasteiger charge is -2.47. The molecule has 2 aromatic carbocycles. The standard InChI is InChI=1S/C24H29FN2O/c1-2-24(28)27(19-8-4-3-5-9-19)21-14-15-26-17-18(12-13-20(26)16-21)22-10-6-7-11-23(22)25/h3-11,18,20-21H,2,12-17H2,1H3/t18-,20+,21+/m1/s1. The highest BCUT2D eigenvalue weighted by Gasteiger charge is 2.37. The summed E-state index contributed by atoms with van der Waals surface area (Å²) < 4.78 is 14.2. The Bertz CT molecular complexity index is 809. The highest BCUT2D eigenvalue weighted by atomic mass is 19.1. The number of para-hydroxylation sites is 1. The number of hydrogen-bond donors (Lipinski definition) is 0. The van der Waals surface area contributed by atoms with Crippen LogP contribution in [0.4, 0.5) is 10.1 Å². The predicted octanol–water partition coefficient (Wildman–Crippen LogP) is 4.98. The minimum atomic E-state index is -0.0790. The summed E-state index contributed by atoms with van der Waals surface area (Å²) in [6, 6.07) is 18.0. The lowest BCUT2D eigenvalue weighted by atomic mass is 9.82. The van der Waals surface area contributed by atoms with Gasteiger partial charge in [-0.1, -0.05) is 43.3 Å². The van der Waals surface area contributed by atoms with Crippen molar-refractivity contribution in [2.24, 2.45) is 0 Å². The highest BCUT2D eigenvalue weighted by Crippen LogP contribution is 2.37. The van der Waals surface area contributed by atoms with E-state index in [4.69, 9.17) is 0 Å². The minimum absolute atomic E-state index is 0.0790. The Hall–Kier alpha value is -2.20. The molecule has 0 spiro atoms. The van der Waals surface area contributed by atoms with Gasteiger partial charge >= 0.3 is 0 Å². The second kappa shape index (κ2) is 8.44. The van der Waals surface area contributed by atoms with Gasteiger partial charge in [-0.05, 0) is 55.4 Å². The van der Waals surface area contributed by atoms with Crippen LogP contribution in [0.1, 0.15) is 50.5 Å². The summed E-state index contributed by atoms with van der Waals surface area (Å²) in [4.78, 5) is 17.3. The number of benzene rings is 2. The van der Waals surface area contributed by atoms with Crippen molar-refractivity contribution in [2.75, 3.05) is 18.0 Å². The lowest BCUT2D eigenvalue weighted by molar-refractivity contribution is -0.119. The van der Waals surface area contributed by atoms with E-state index in [0.29, 0.717) is 12.5 Å². The second-order valence-corrected chi connectivity index (χ2v) is 8.08. The molecule has 0 unspecified atom stereocenters. The Balaban J connectivity index is 1.47. The molecule has 1 amide bonds. The molecule has 0 aromatic heterocycles. The van der Waals surface area contributed by atoms with Crippen LogP contribution in [0.25, 0.3) is 0 Å². The van der Waals surface area contributed by atoms with Gasteiger partial charge in [0.05, 0.1) is 0 Å². The van der Waals surface area contributed by atoms with Gasteiger partial charge in [0, 0.05) is 37.3 Å². The van der Waals surface area contributed by atoms with E-state index in [0.717, 1.165) is 50.0 Å². The van der Waals surface area contributed by atoms with E-state index in [-0.39, 0.29) is 23.7 Å². The van der Waals surface area contributed by atoms with Crippen LogP contribution in [0.15, 0.2) is 54.6 Å². The molecule has 0 N–H and O–H groups in total. The Morgan fingerprint density at radius 2 is 1.82 bits per heavy atom. The number of nitrogens with zero attached hydrogens (tertiary/aromatic N) is 2. The van der Waals surface area contributed by atoms with Crippen molar-refractivity contribution in [2.45, 2.75) is 57.0 Å². The number of amides is 1. The predicted molar refractivity (Wildman–Crippen MR) is 111 cm³/mol. The van der Waals surface area contributed by atoms with Crippen LogP contribution in [0, 0.1) is 5.82 Å². The fraction of sp³-hybridized carbons (Fsp3) is 0.458. The zero-order valence-electron chi connectivity index (χ0n) is 16.6. The van der Waals surface area contributed by atoms with Gasteiger partial charge in [0.15, 0.2) is 0 Å². The van der Waals surface area contributed by atoms with Crippen LogP contribution >= 0.6 is 0 Å². The van der Waals surface area contributed by atoms with Gasteiger partial charge in [0.2, 0.25) is 5.91 Å². The molecular weight excluding hydrogens is 351 g/mol. The van der Waals surface area contributed by atoms with Crippen molar-refractivity contribution < 1.29 is 9.18 Å². The number of anilines is 1. The molecule has 4 heteroatoms. The summed E-state index contributed by atoms with van der Waals surface area (Å²) in [5.74, 6) is 0.394. The van der Waals surface area contributed by atoms with Crippen LogP contribution in [-0.4, -0.2) is 36.0 Å². The van der Waals surface area contributed by atoms with Crippen molar-refractivity contribution in [1.29, 1.82) is 0 Å². The smallest absolute Gasteiger partial charge is 0.226 e. The number of carbonyl (C=O) groups is 1. The van der Waals surface area contributed by atoms with Crippen LogP contribution in [0.3, 0.4) is 0 Å². The molecule has 0 radical (unpaired) electrons. The maximum absolute atomic E-state index is 14.2. The van der Waals surface area contributed by atoms with Gasteiger partial charge in [-0.15, -0.1) is 0 Å². The molecule has 2 aliphatic rings. The number of fused-ring (bicyclic) bond motifs is 1. The third-order valence-electron chi connectivity index (χ3n) is 6.43. The van der Waals surface area contributed by atoms with E-state index in [2.05, 4.69) is 4.90 Å². The number of halogens is 1. The SMILES string of the molecule is CCC(=O)N(c1ccccc1)[C@H]1CCN2C[C@H](c3ccccc3F)CC[C@H]2C1. The average Bonchev–Trinajstić information content (AvgIpc) is 2.74. The third-order valence-corrected chi connectivity index (χ3v) is 6.43. The first kappa shape index (κ1) is 19.1. The van der Waals surface area contributed by atoms with Crippen molar-refractivity contribution in [1.82, 2.24) is 4.90 Å². The summed E-state index contributed by atoms with van der Waals surface area (Å²) in [5.41, 5.74) is 1.86. The summed E-state index contributed by atoms with van der Waals surface area (Å²) in [6.45, 7) is 3.83. The number of piperidine rings is 2. The molecule has 3 nitrogen and oxygen atoms in total. The summed E-state index contributed by atoms with van der Waals surface area (Å²) in [6.07, 6.45) is 4.58. The second-order valence-electron chi connectivity index (χ2n) is 8.08. The Morgan fingerprint density at radius 3 is 2.57 bits per heavy atom. The molecule has 0 aliphatic carbocycles. The topological polar surface area (TPSA) is 23.6 Å². The molecule has 0 bridgehead atoms. The fourth-order valence-corrected chi connectivity index (χ4v) is 5.00. The first-order valence-corrected chi connectivity index (χ1v) is 10.5. The molecule has 2 aromatic rings. The first-order chi connectivity index (χ1) is 13.7. The van der Waals surface area contributed by atoms with Crippen molar-refractivity contribution in [3.05, 3.63) is 66.0 Å². The normalized spacial score (nSPS) is 25.1. The first-order valence-electron chi connectivity index (χ1n) is 10.5. The maximum Gasteiger partial charge on any atom is 0.226 e. The lowest BCUT2D eigenvalue weighted by Crippen LogP contribution is -2.54. The number of carbonyl (C=O) groups excluding carboxylic acids is 1. The van der Waals surface area contributed by atoms with Gasteiger partial charge in [-0.2, -0.15) is 0 Å². The van der Waals surface area contributed by atoms with Crippen molar-refractivity contribution in [3.8, 4) is 0 Å². The zero-order valence-corrected chi connectivity index (χ0v) is 16.6. The largest absolute Gasteiger partial charge is 0.309 e. The van der Waals surface area contributed by atoms with E-state index in [1.807, 2.05) is 54.3 Å². The molecule has 4 rings (SSSR count). The van der Waals surface area contributed by atoms with E-state index in [1.54, 1.807) is 12.1 Å². The van der Waals surface area contributed by atoms with E-state index in [1.165, 1.54) is 0 Å². The van der Waals surface area contributed by atoms with Crippen LogP contribution in [-0.2, 0) is 4.79 Å². The van der Waals surface area contributed by atoms with Gasteiger partial charge in [0.25, 0.3) is 0 Å². The third kappa shape index (κ3) is 3.83. The zero-order chi connectivity index (χ0) is 19.5. The van der Waals surface area contributed by atoms with E-state index < -0.39 is 0 Å². The van der Waals surface area contributed by atoms with E-state index in [9.17, 15) is 9.18 Å². The quantitative estimate of drug-likeness (QED) is 0.747. The fourth-order valence-electron chi connectivity index (χ4n) is 5.00. The molecule has 148 valence electrons. The monoisotopic (exact) mass is 380 g/mol. The Labute approximate surface area is 167 Å². The van der Waals surface area contributed by atoms with Gasteiger partial charge in [-0.25, -0.2) is 4.39 Å². The maximum atomic E-state index is 14.2. The summed E-state index contributed by atoms with van der Waals surface area (Å²) in [5, 5.41) is 0. The Morgan fingerprint density at radius 1 is 1.07 bits per heavy atom. The van der Waals surface area contributed by atoms with Gasteiger partial charge in [-0.3, -0.25) is 9.69 Å². The highest BCUT2D eigenvalue weighted by molar-refractivity contribution is 5.93. The molecule has 28 heavy (non-hydrogen) atoms. The van der Waals surface area contributed by atoms with Crippen molar-refractivity contribution in [3.63, 3.8) is 0 Å². The van der Waals surface area contributed by atoms with Crippen LogP contribution < -0.4 is 4.90 Å². The summed E-state index contributed by atoms with van der Waals surface area (Å²) >= 11 is 0. The molecule has 2 fully saturated rings. The molecule has 0 saturated carbocycles. The molecule has 3 atom stereocenters. The van der Waals surface area contributed by atoms with Gasteiger partial charge < -0.3 is 4.90 Å². The van der Waals surface area contributed by atoms with Crippen LogP contribution in [0.2, 0.25) is 0 Å². The van der Waals surface area contributed by atoms with Crippen molar-refractivity contribution >= 4 is 11.6 Å². The molecular formula is C24H29FN2O. The van der Waals surface area contributed by atoms with Crippen LogP contribution in [0.5, 0.6) is 0 Å². The van der Waals surface area contributed by atoms with E-state index >= 15 is 0 Å². The Kier molecular flexibility index (Phi) is 5.77. The molecule has 2 heterocycles.